The minimum atomic E-state index is -0.498. The lowest BCUT2D eigenvalue weighted by Gasteiger charge is -2.29. The molecule has 0 radical (unpaired) electrons. The van der Waals surface area contributed by atoms with Crippen LogP contribution in [0, 0.1) is 17.5 Å². The fourth-order valence-electron chi connectivity index (χ4n) is 10.3. The van der Waals surface area contributed by atoms with Crippen molar-refractivity contribution < 1.29 is 60.8 Å². The molecule has 5 aromatic carbocycles. The summed E-state index contributed by atoms with van der Waals surface area (Å²) < 4.78 is 75.6. The molecule has 426 valence electrons. The summed E-state index contributed by atoms with van der Waals surface area (Å²) in [5.41, 5.74) is 11.0. The fourth-order valence-corrected chi connectivity index (χ4v) is 10.3. The van der Waals surface area contributed by atoms with E-state index in [0.717, 1.165) is 13.1 Å². The van der Waals surface area contributed by atoms with Crippen molar-refractivity contribution in [2.75, 3.05) is 141 Å². The Labute approximate surface area is 464 Å². The molecule has 6 heterocycles. The van der Waals surface area contributed by atoms with E-state index in [1.54, 1.807) is 36.4 Å². The molecule has 0 bridgehead atoms. The van der Waals surface area contributed by atoms with Gasteiger partial charge in [-0.2, -0.15) is 0 Å². The third-order valence-electron chi connectivity index (χ3n) is 14.4. The van der Waals surface area contributed by atoms with Gasteiger partial charge in [0.1, 0.15) is 41.5 Å². The minimum Gasteiger partial charge on any atom is -0.444 e. The molecule has 6 aliphatic heterocycles. The average Bonchev–Trinajstić information content (AvgIpc) is 4.18. The number of halogens is 3. The Balaban J connectivity index is 0.000000151. The monoisotopic (exact) mass is 1110 g/mol. The second kappa shape index (κ2) is 27.6. The Hall–Kier alpha value is -7.43. The number of nitrogens with zero attached hydrogens (tertiary/aromatic N) is 7. The van der Waals surface area contributed by atoms with E-state index in [4.69, 9.17) is 34.2 Å². The van der Waals surface area contributed by atoms with Gasteiger partial charge in [0.15, 0.2) is 0 Å². The number of Topliss-reactive ketones (excluding diaryl/α,β-unsaturated/α-hetero) is 1. The van der Waals surface area contributed by atoms with E-state index in [-0.39, 0.29) is 48.1 Å². The highest BCUT2D eigenvalue weighted by Gasteiger charge is 2.36. The summed E-state index contributed by atoms with van der Waals surface area (Å²) >= 11 is 0. The number of hydrogen-bond acceptors (Lipinski definition) is 15. The van der Waals surface area contributed by atoms with Gasteiger partial charge in [0.2, 0.25) is 0 Å². The van der Waals surface area contributed by atoms with Crippen molar-refractivity contribution in [1.29, 1.82) is 0 Å². The molecule has 2 N–H and O–H groups in total. The third-order valence-corrected chi connectivity index (χ3v) is 14.4. The fraction of sp³-hybridized carbons (Fsp3) is 0.424. The van der Waals surface area contributed by atoms with Gasteiger partial charge in [-0.25, -0.2) is 27.6 Å². The van der Waals surface area contributed by atoms with Crippen LogP contribution in [0.4, 0.5) is 61.7 Å². The van der Waals surface area contributed by atoms with Crippen LogP contribution in [0.25, 0.3) is 0 Å². The minimum absolute atomic E-state index is 0.0606. The number of ether oxygens (including phenoxy) is 6. The van der Waals surface area contributed by atoms with Crippen LogP contribution in [0.5, 0.6) is 0 Å². The number of amides is 3. The van der Waals surface area contributed by atoms with Gasteiger partial charge >= 0.3 is 18.3 Å². The van der Waals surface area contributed by atoms with E-state index in [9.17, 15) is 32.3 Å². The van der Waals surface area contributed by atoms with Gasteiger partial charge in [-0.1, -0.05) is 60.7 Å². The Kier molecular flexibility index (Phi) is 19.8. The SMILES string of the molecule is CC(=O)CC[C@H]1CN(c2ccc(N3CCOCC3)c(F)c2)C(=O)O1.NC[C@H]1CN(c2ccc(N3CCOCC3)c(F)c2)C(=O)O1.O=C1O[C@@H](CN(Cc2ccccc2)Cc2ccccc2)CN1c1ccc(N2CCOCC2)c(F)c1. The van der Waals surface area contributed by atoms with Gasteiger partial charge in [0, 0.05) is 71.9 Å². The second-order valence-corrected chi connectivity index (χ2v) is 20.2. The third kappa shape index (κ3) is 15.1. The molecule has 6 aliphatic rings. The van der Waals surface area contributed by atoms with Crippen LogP contribution in [-0.2, 0) is 46.3 Å². The van der Waals surface area contributed by atoms with Crippen molar-refractivity contribution in [3.63, 3.8) is 0 Å². The van der Waals surface area contributed by atoms with Crippen LogP contribution in [0.3, 0.4) is 0 Å². The lowest BCUT2D eigenvalue weighted by molar-refractivity contribution is -0.117. The van der Waals surface area contributed by atoms with Crippen LogP contribution < -0.4 is 35.1 Å². The summed E-state index contributed by atoms with van der Waals surface area (Å²) in [6, 6.07) is 35.1. The number of nitrogens with two attached hydrogens (primary N) is 1. The van der Waals surface area contributed by atoms with Gasteiger partial charge in [-0.3, -0.25) is 19.6 Å². The topological polar surface area (TPSA) is 172 Å². The lowest BCUT2D eigenvalue weighted by Crippen LogP contribution is -2.37. The maximum absolute atomic E-state index is 14.9. The van der Waals surface area contributed by atoms with Gasteiger partial charge in [-0.15, -0.1) is 0 Å². The lowest BCUT2D eigenvalue weighted by atomic mass is 10.1. The number of cyclic esters (lactones) is 3. The Morgan fingerprint density at radius 1 is 0.512 bits per heavy atom. The number of rotatable bonds is 16. The van der Waals surface area contributed by atoms with Crippen LogP contribution in [0.15, 0.2) is 115 Å². The molecule has 3 amide bonds. The van der Waals surface area contributed by atoms with E-state index in [1.165, 1.54) is 50.9 Å². The van der Waals surface area contributed by atoms with Gasteiger partial charge in [-0.05, 0) is 79.1 Å². The Morgan fingerprint density at radius 3 is 1.21 bits per heavy atom. The first kappa shape index (κ1) is 57.3. The maximum atomic E-state index is 14.9. The first-order valence-electron chi connectivity index (χ1n) is 27.2. The molecule has 21 heteroatoms. The van der Waals surface area contributed by atoms with Gasteiger partial charge in [0.05, 0.1) is 93.4 Å². The molecular formula is C59H69F3N8O10. The molecule has 6 saturated heterocycles. The first-order chi connectivity index (χ1) is 38.9. The van der Waals surface area contributed by atoms with Crippen molar-refractivity contribution in [2.24, 2.45) is 5.73 Å². The molecule has 0 spiro atoms. The van der Waals surface area contributed by atoms with Crippen LogP contribution in [-0.4, -0.2) is 159 Å². The van der Waals surface area contributed by atoms with Crippen molar-refractivity contribution >= 4 is 58.2 Å². The normalized spacial score (nSPS) is 20.2. The molecule has 5 aromatic rings. The van der Waals surface area contributed by atoms with Crippen LogP contribution in [0.2, 0.25) is 0 Å². The average molecular weight is 1110 g/mol. The van der Waals surface area contributed by atoms with E-state index in [2.05, 4.69) is 29.2 Å². The van der Waals surface area contributed by atoms with Crippen LogP contribution >= 0.6 is 0 Å². The number of anilines is 6. The van der Waals surface area contributed by atoms with Crippen molar-refractivity contribution in [1.82, 2.24) is 4.90 Å². The predicted molar refractivity (Wildman–Crippen MR) is 297 cm³/mol. The summed E-state index contributed by atoms with van der Waals surface area (Å²) in [5, 5.41) is 0. The second-order valence-electron chi connectivity index (χ2n) is 20.2. The molecule has 0 saturated carbocycles. The molecule has 18 nitrogen and oxygen atoms in total. The maximum Gasteiger partial charge on any atom is 0.414 e. The van der Waals surface area contributed by atoms with Gasteiger partial charge in [0.25, 0.3) is 0 Å². The van der Waals surface area contributed by atoms with E-state index < -0.39 is 18.3 Å². The molecule has 0 unspecified atom stereocenters. The Bertz CT molecular complexity index is 2840. The number of morpholine rings is 3. The van der Waals surface area contributed by atoms with E-state index in [0.29, 0.717) is 152 Å². The predicted octanol–water partition coefficient (Wildman–Crippen LogP) is 7.99. The summed E-state index contributed by atoms with van der Waals surface area (Å²) in [4.78, 5) is 60.0. The highest BCUT2D eigenvalue weighted by atomic mass is 19.1. The highest BCUT2D eigenvalue weighted by molar-refractivity contribution is 5.91. The van der Waals surface area contributed by atoms with Crippen LogP contribution in [0.1, 0.15) is 30.9 Å². The molecule has 80 heavy (non-hydrogen) atoms. The van der Waals surface area contributed by atoms with E-state index in [1.807, 2.05) is 51.1 Å². The zero-order valence-corrected chi connectivity index (χ0v) is 45.0. The molecular weight excluding hydrogens is 1040 g/mol. The first-order valence-corrected chi connectivity index (χ1v) is 27.2. The van der Waals surface area contributed by atoms with Gasteiger partial charge < -0.3 is 53.6 Å². The summed E-state index contributed by atoms with van der Waals surface area (Å²) in [6.45, 7) is 12.4. The smallest absolute Gasteiger partial charge is 0.414 e. The zero-order chi connectivity index (χ0) is 56.0. The largest absolute Gasteiger partial charge is 0.444 e. The van der Waals surface area contributed by atoms with Crippen molar-refractivity contribution in [2.45, 2.75) is 51.2 Å². The summed E-state index contributed by atoms with van der Waals surface area (Å²) in [7, 11) is 0. The summed E-state index contributed by atoms with van der Waals surface area (Å²) in [6.07, 6.45) is -1.53. The van der Waals surface area contributed by atoms with E-state index >= 15 is 0 Å². The number of hydrogen-bond donors (Lipinski definition) is 1. The van der Waals surface area contributed by atoms with Crippen molar-refractivity contribution in [3.8, 4) is 0 Å². The summed E-state index contributed by atoms with van der Waals surface area (Å²) in [5.74, 6) is -0.992. The highest BCUT2D eigenvalue weighted by Crippen LogP contribution is 2.32. The number of carbonyl (C=O) groups is 4. The quantitative estimate of drug-likeness (QED) is 0.0942. The molecule has 11 rings (SSSR count). The Morgan fingerprint density at radius 2 is 0.863 bits per heavy atom. The van der Waals surface area contributed by atoms with Crippen molar-refractivity contribution in [3.05, 3.63) is 144 Å². The molecule has 0 aromatic heterocycles. The molecule has 6 fully saturated rings. The molecule has 0 aliphatic carbocycles. The number of ketones is 1. The zero-order valence-electron chi connectivity index (χ0n) is 45.0. The number of benzene rings is 5. The molecule has 3 atom stereocenters. The standard InChI is InChI=1S/C28H30FN3O3.C17H21FN2O4.C14H18FN3O3/c29-26-17-24(11-12-27(26)31-13-15-34-16-14-31)32-21-25(35-28(32)33)20-30(18-22-7-3-1-4-8-22)19-23-9-5-2-6-10-23;1-12(21)2-4-14-11-20(17(22)24-14)13-3-5-16(15(18)10-13)19-6-8-23-9-7-19;15-12-7-10(18-9-11(8-16)21-14(18)19)1-2-13(12)17-3-5-20-6-4-17/h1-12,17,25H,13-16,18-21H2;3,5,10,14H,2,4,6-9,11H2,1H3;1-2,7,11H,3-6,8-9,16H2/t25-;14-;11-/m000/s1. The number of carbonyl (C=O) groups excluding carboxylic acids is 4.